The third kappa shape index (κ3) is 6.22. The first kappa shape index (κ1) is 27.2. The Kier molecular flexibility index (Phi) is 9.23. The third-order valence-corrected chi connectivity index (χ3v) is 10.3. The fourth-order valence-electron chi connectivity index (χ4n) is 5.56. The first-order chi connectivity index (χ1) is 16.1. The van der Waals surface area contributed by atoms with Crippen molar-refractivity contribution in [1.82, 2.24) is 14.1 Å². The van der Waals surface area contributed by atoms with E-state index in [2.05, 4.69) is 11.8 Å². The lowest BCUT2D eigenvalue weighted by atomic mass is 9.71. The summed E-state index contributed by atoms with van der Waals surface area (Å²) >= 11 is 0. The number of hydrogen-bond acceptors (Lipinski definition) is 6. The number of methoxy groups -OCH3 is 1. The molecule has 2 fully saturated rings. The van der Waals surface area contributed by atoms with Crippen LogP contribution in [0.3, 0.4) is 0 Å². The van der Waals surface area contributed by atoms with Crippen LogP contribution in [-0.2, 0) is 24.3 Å². The van der Waals surface area contributed by atoms with E-state index in [1.165, 1.54) is 30.2 Å². The normalized spacial score (nSPS) is 24.0. The summed E-state index contributed by atoms with van der Waals surface area (Å²) in [5.41, 5.74) is 1.12. The van der Waals surface area contributed by atoms with Gasteiger partial charge in [0.05, 0.1) is 24.4 Å². The molecule has 1 unspecified atom stereocenters. The minimum absolute atomic E-state index is 0.00254. The molecule has 194 valence electrons. The molecule has 2 aliphatic heterocycles. The maximum absolute atomic E-state index is 13.1. The predicted octanol–water partition coefficient (Wildman–Crippen LogP) is 2.83. The number of sulfonamides is 1. The van der Waals surface area contributed by atoms with Gasteiger partial charge >= 0.3 is 0 Å². The number of amides is 1. The molecule has 2 heterocycles. The molecule has 3 aliphatic rings. The Bertz CT molecular complexity index is 880. The summed E-state index contributed by atoms with van der Waals surface area (Å²) in [6.07, 6.45) is 6.97. The van der Waals surface area contributed by atoms with Crippen LogP contribution in [0, 0.1) is 11.3 Å². The van der Waals surface area contributed by atoms with Crippen molar-refractivity contribution in [3.05, 3.63) is 22.3 Å². The lowest BCUT2D eigenvalue weighted by molar-refractivity contribution is -0.139. The topological polar surface area (TPSA) is 79.4 Å². The van der Waals surface area contributed by atoms with Crippen LogP contribution in [-0.4, -0.2) is 95.1 Å². The molecule has 1 amide bonds. The standard InChI is InChI=1S/C25H43N3O5S/c1-6-27-11-7-25(8-12-27)9-13-28(14-10-25)23(29)19-33-16-15-26(4)34(30,31)24-20(2)17-22(32-5)18-21(24)3/h17,21H,6-16,18-19H2,1-5H3. The van der Waals surface area contributed by atoms with Gasteiger partial charge in [0.15, 0.2) is 0 Å². The Morgan fingerprint density at radius 1 is 1.18 bits per heavy atom. The lowest BCUT2D eigenvalue weighted by Gasteiger charge is -2.46. The largest absolute Gasteiger partial charge is 0.501 e. The highest BCUT2D eigenvalue weighted by Gasteiger charge is 2.38. The molecule has 2 saturated heterocycles. The first-order valence-corrected chi connectivity index (χ1v) is 14.1. The van der Waals surface area contributed by atoms with Gasteiger partial charge in [0, 0.05) is 39.0 Å². The van der Waals surface area contributed by atoms with Crippen LogP contribution < -0.4 is 0 Å². The third-order valence-electron chi connectivity index (χ3n) is 7.99. The van der Waals surface area contributed by atoms with Gasteiger partial charge < -0.3 is 19.3 Å². The summed E-state index contributed by atoms with van der Waals surface area (Å²) in [6.45, 7) is 11.4. The average molecular weight is 498 g/mol. The van der Waals surface area contributed by atoms with E-state index in [-0.39, 0.29) is 31.6 Å². The van der Waals surface area contributed by atoms with Gasteiger partial charge in [-0.1, -0.05) is 13.8 Å². The number of likely N-dealkylation sites (tertiary alicyclic amines) is 2. The molecule has 0 radical (unpaired) electrons. The number of nitrogens with zero attached hydrogens (tertiary/aromatic N) is 3. The van der Waals surface area contributed by atoms with Gasteiger partial charge in [-0.3, -0.25) is 4.79 Å². The van der Waals surface area contributed by atoms with Gasteiger partial charge in [0.1, 0.15) is 6.61 Å². The molecule has 8 nitrogen and oxygen atoms in total. The van der Waals surface area contributed by atoms with Gasteiger partial charge in [0.25, 0.3) is 0 Å². The van der Waals surface area contributed by atoms with Crippen molar-refractivity contribution in [1.29, 1.82) is 0 Å². The van der Waals surface area contributed by atoms with Crippen LogP contribution in [0.2, 0.25) is 0 Å². The summed E-state index contributed by atoms with van der Waals surface area (Å²) in [5.74, 6) is 0.651. The van der Waals surface area contributed by atoms with E-state index in [0.717, 1.165) is 38.2 Å². The Hall–Kier alpha value is -1.42. The number of piperidine rings is 2. The van der Waals surface area contributed by atoms with Crippen LogP contribution in [0.15, 0.2) is 22.3 Å². The second-order valence-corrected chi connectivity index (χ2v) is 12.2. The summed E-state index contributed by atoms with van der Waals surface area (Å²) in [7, 11) is -0.430. The number of likely N-dealkylation sites (N-methyl/N-ethyl adjacent to an activating group) is 1. The number of rotatable bonds is 9. The highest BCUT2D eigenvalue weighted by Crippen LogP contribution is 2.41. The van der Waals surface area contributed by atoms with Crippen LogP contribution in [0.25, 0.3) is 0 Å². The Balaban J connectivity index is 1.42. The van der Waals surface area contributed by atoms with Gasteiger partial charge in [-0.15, -0.1) is 0 Å². The maximum Gasteiger partial charge on any atom is 0.248 e. The zero-order valence-electron chi connectivity index (χ0n) is 21.6. The highest BCUT2D eigenvalue weighted by molar-refractivity contribution is 7.93. The molecule has 1 atom stereocenters. The molecule has 9 heteroatoms. The average Bonchev–Trinajstić information content (AvgIpc) is 2.81. The number of carbonyl (C=O) groups excluding carboxylic acids is 1. The van der Waals surface area contributed by atoms with Crippen molar-refractivity contribution in [2.45, 2.75) is 52.9 Å². The van der Waals surface area contributed by atoms with Crippen molar-refractivity contribution < 1.29 is 22.7 Å². The van der Waals surface area contributed by atoms with E-state index in [1.54, 1.807) is 27.2 Å². The van der Waals surface area contributed by atoms with E-state index in [4.69, 9.17) is 9.47 Å². The molecular weight excluding hydrogens is 454 g/mol. The number of allylic oxidation sites excluding steroid dienone is 4. The number of hydrogen-bond donors (Lipinski definition) is 0. The van der Waals surface area contributed by atoms with Crippen molar-refractivity contribution >= 4 is 15.9 Å². The molecule has 1 aliphatic carbocycles. The second-order valence-electron chi connectivity index (χ2n) is 10.2. The fourth-order valence-corrected chi connectivity index (χ4v) is 7.27. The molecule has 0 N–H and O–H groups in total. The molecule has 1 spiro atoms. The summed E-state index contributed by atoms with van der Waals surface area (Å²) in [6, 6.07) is 0. The summed E-state index contributed by atoms with van der Waals surface area (Å²) in [5, 5.41) is 0. The summed E-state index contributed by atoms with van der Waals surface area (Å²) in [4.78, 5) is 17.5. The van der Waals surface area contributed by atoms with Gasteiger partial charge in [-0.05, 0) is 69.3 Å². The van der Waals surface area contributed by atoms with Crippen molar-refractivity contribution in [2.75, 3.05) is 66.6 Å². The minimum atomic E-state index is -3.60. The zero-order valence-corrected chi connectivity index (χ0v) is 22.5. The number of ether oxygens (including phenoxy) is 2. The smallest absolute Gasteiger partial charge is 0.248 e. The van der Waals surface area contributed by atoms with Gasteiger partial charge in [-0.25, -0.2) is 8.42 Å². The molecule has 3 rings (SSSR count). The molecule has 0 aromatic rings. The SMILES string of the molecule is CCN1CCC2(CC1)CCN(C(=O)COCCN(C)S(=O)(=O)C1=C(C)C=C(OC)CC1C)CC2. The first-order valence-electron chi connectivity index (χ1n) is 12.6. The van der Waals surface area contributed by atoms with E-state index < -0.39 is 10.0 Å². The molecule has 34 heavy (non-hydrogen) atoms. The molecule has 0 bridgehead atoms. The maximum atomic E-state index is 13.1. The molecular formula is C25H43N3O5S. The minimum Gasteiger partial charge on any atom is -0.501 e. The molecule has 0 aromatic carbocycles. The number of carbonyl (C=O) groups is 1. The molecule has 0 saturated carbocycles. The van der Waals surface area contributed by atoms with Crippen LogP contribution >= 0.6 is 0 Å². The second kappa shape index (κ2) is 11.5. The molecule has 0 aromatic heterocycles. The Labute approximate surface area is 206 Å². The van der Waals surface area contributed by atoms with Gasteiger partial charge in [-0.2, -0.15) is 4.31 Å². The van der Waals surface area contributed by atoms with E-state index in [0.29, 0.717) is 22.3 Å². The van der Waals surface area contributed by atoms with Crippen molar-refractivity contribution in [3.8, 4) is 0 Å². The van der Waals surface area contributed by atoms with E-state index in [9.17, 15) is 13.2 Å². The van der Waals surface area contributed by atoms with E-state index in [1.807, 2.05) is 11.8 Å². The van der Waals surface area contributed by atoms with Crippen LogP contribution in [0.4, 0.5) is 0 Å². The summed E-state index contributed by atoms with van der Waals surface area (Å²) < 4.78 is 38.5. The monoisotopic (exact) mass is 497 g/mol. The Morgan fingerprint density at radius 3 is 2.35 bits per heavy atom. The predicted molar refractivity (Wildman–Crippen MR) is 134 cm³/mol. The van der Waals surface area contributed by atoms with Gasteiger partial charge in [0.2, 0.25) is 15.9 Å². The highest BCUT2D eigenvalue weighted by atomic mass is 32.2. The lowest BCUT2D eigenvalue weighted by Crippen LogP contribution is -2.48. The van der Waals surface area contributed by atoms with Crippen LogP contribution in [0.1, 0.15) is 52.9 Å². The van der Waals surface area contributed by atoms with Crippen LogP contribution in [0.5, 0.6) is 0 Å². The zero-order chi connectivity index (χ0) is 24.9. The quantitative estimate of drug-likeness (QED) is 0.456. The fraction of sp³-hybridized carbons (Fsp3) is 0.800. The van der Waals surface area contributed by atoms with E-state index >= 15 is 0 Å². The Morgan fingerprint density at radius 2 is 1.79 bits per heavy atom. The van der Waals surface area contributed by atoms with Crippen molar-refractivity contribution in [3.63, 3.8) is 0 Å². The van der Waals surface area contributed by atoms with Crippen molar-refractivity contribution in [2.24, 2.45) is 11.3 Å².